The highest BCUT2D eigenvalue weighted by molar-refractivity contribution is 5.51. The van der Waals surface area contributed by atoms with Crippen molar-refractivity contribution < 1.29 is 9.84 Å². The minimum Gasteiger partial charge on any atom is -0.490 e. The second-order valence-electron chi connectivity index (χ2n) is 7.98. The Morgan fingerprint density at radius 2 is 1.82 bits per heavy atom. The average Bonchev–Trinajstić information content (AvgIpc) is 3.20. The second-order valence-corrected chi connectivity index (χ2v) is 7.98. The number of anilines is 2. The largest absolute Gasteiger partial charge is 0.490 e. The van der Waals surface area contributed by atoms with Crippen LogP contribution in [0.3, 0.4) is 0 Å². The maximum Gasteiger partial charge on any atom is 0.134 e. The van der Waals surface area contributed by atoms with Crippen molar-refractivity contribution in [2.24, 2.45) is 0 Å². The molecule has 2 saturated heterocycles. The van der Waals surface area contributed by atoms with Crippen molar-refractivity contribution in [1.29, 1.82) is 0 Å². The molecule has 2 aliphatic heterocycles. The third-order valence-corrected chi connectivity index (χ3v) is 5.92. The van der Waals surface area contributed by atoms with E-state index in [1.807, 2.05) is 0 Å². The summed E-state index contributed by atoms with van der Waals surface area (Å²) in [6, 6.07) is 8.63. The Hall–Kier alpha value is -2.34. The number of rotatable bonds is 5. The number of ether oxygens (including phenoxy) is 1. The van der Waals surface area contributed by atoms with Gasteiger partial charge in [-0.1, -0.05) is 12.1 Å². The van der Waals surface area contributed by atoms with Gasteiger partial charge in [-0.2, -0.15) is 0 Å². The van der Waals surface area contributed by atoms with Gasteiger partial charge in [-0.3, -0.25) is 0 Å². The molecule has 0 bridgehead atoms. The van der Waals surface area contributed by atoms with E-state index in [1.54, 1.807) is 6.33 Å². The first kappa shape index (κ1) is 19.0. The summed E-state index contributed by atoms with van der Waals surface area (Å²) in [5, 5.41) is 9.59. The summed E-state index contributed by atoms with van der Waals surface area (Å²) in [5.74, 6) is 2.90. The van der Waals surface area contributed by atoms with Gasteiger partial charge in [-0.25, -0.2) is 9.97 Å². The number of hydrogen-bond donors (Lipinski definition) is 1. The Morgan fingerprint density at radius 3 is 2.61 bits per heavy atom. The number of nitrogens with zero attached hydrogens (tertiary/aromatic N) is 4. The van der Waals surface area contributed by atoms with Crippen LogP contribution in [0.4, 0.5) is 11.6 Å². The lowest BCUT2D eigenvalue weighted by Gasteiger charge is -2.33. The molecule has 6 heteroatoms. The van der Waals surface area contributed by atoms with E-state index in [4.69, 9.17) is 4.74 Å². The van der Waals surface area contributed by atoms with Crippen LogP contribution in [-0.2, 0) is 0 Å². The molecule has 2 fully saturated rings. The van der Waals surface area contributed by atoms with Crippen LogP contribution in [0.15, 0.2) is 30.6 Å². The molecule has 0 saturated carbocycles. The van der Waals surface area contributed by atoms with Gasteiger partial charge >= 0.3 is 0 Å². The molecule has 1 aromatic carbocycles. The van der Waals surface area contributed by atoms with Gasteiger partial charge in [0.15, 0.2) is 0 Å². The highest BCUT2D eigenvalue weighted by Crippen LogP contribution is 2.28. The summed E-state index contributed by atoms with van der Waals surface area (Å²) in [6.45, 7) is 7.19. The first-order chi connectivity index (χ1) is 13.6. The molecular formula is C22H30N4O2. The van der Waals surface area contributed by atoms with E-state index in [-0.39, 0.29) is 18.8 Å². The van der Waals surface area contributed by atoms with Crippen LogP contribution in [0.25, 0.3) is 0 Å². The fraction of sp³-hybridized carbons (Fsp3) is 0.545. The molecule has 2 aromatic rings. The average molecular weight is 383 g/mol. The fourth-order valence-corrected chi connectivity index (χ4v) is 4.21. The molecule has 0 spiro atoms. The lowest BCUT2D eigenvalue weighted by Crippen LogP contribution is -2.39. The maximum absolute atomic E-state index is 9.59. The molecule has 0 amide bonds. The van der Waals surface area contributed by atoms with Crippen LogP contribution in [-0.4, -0.2) is 53.5 Å². The smallest absolute Gasteiger partial charge is 0.134 e. The summed E-state index contributed by atoms with van der Waals surface area (Å²) >= 11 is 0. The van der Waals surface area contributed by atoms with Gasteiger partial charge < -0.3 is 19.6 Å². The molecule has 1 atom stereocenters. The van der Waals surface area contributed by atoms with Crippen LogP contribution in [0, 0.1) is 13.8 Å². The fourth-order valence-electron chi connectivity index (χ4n) is 4.21. The number of piperidine rings is 1. The van der Waals surface area contributed by atoms with Gasteiger partial charge in [0.05, 0.1) is 12.6 Å². The molecule has 1 unspecified atom stereocenters. The van der Waals surface area contributed by atoms with E-state index in [0.29, 0.717) is 0 Å². The molecule has 1 N–H and O–H groups in total. The number of aromatic nitrogens is 2. The zero-order chi connectivity index (χ0) is 19.5. The molecule has 3 heterocycles. The predicted octanol–water partition coefficient (Wildman–Crippen LogP) is 3.10. The van der Waals surface area contributed by atoms with Crippen LogP contribution in [0.2, 0.25) is 0 Å². The van der Waals surface area contributed by atoms with Crippen molar-refractivity contribution in [3.63, 3.8) is 0 Å². The molecule has 28 heavy (non-hydrogen) atoms. The molecule has 6 nitrogen and oxygen atoms in total. The zero-order valence-electron chi connectivity index (χ0n) is 16.8. The molecule has 2 aliphatic rings. The van der Waals surface area contributed by atoms with Crippen LogP contribution in [0.5, 0.6) is 5.75 Å². The van der Waals surface area contributed by atoms with Crippen molar-refractivity contribution in [3.8, 4) is 5.75 Å². The number of aliphatic hydroxyl groups is 1. The Bertz CT molecular complexity index is 805. The first-order valence-electron chi connectivity index (χ1n) is 10.3. The molecule has 4 rings (SSSR count). The van der Waals surface area contributed by atoms with E-state index in [9.17, 15) is 5.11 Å². The highest BCUT2D eigenvalue weighted by Gasteiger charge is 2.27. The Balaban J connectivity index is 1.39. The predicted molar refractivity (Wildman–Crippen MR) is 111 cm³/mol. The van der Waals surface area contributed by atoms with Crippen LogP contribution >= 0.6 is 0 Å². The van der Waals surface area contributed by atoms with Gasteiger partial charge in [0.2, 0.25) is 0 Å². The Labute approximate surface area is 167 Å². The third kappa shape index (κ3) is 4.07. The number of aryl methyl sites for hydroxylation is 2. The molecule has 1 aromatic heterocycles. The van der Waals surface area contributed by atoms with Crippen molar-refractivity contribution in [2.45, 2.75) is 51.7 Å². The van der Waals surface area contributed by atoms with Gasteiger partial charge in [0, 0.05) is 38.5 Å². The first-order valence-corrected chi connectivity index (χ1v) is 10.3. The number of hydrogen-bond acceptors (Lipinski definition) is 6. The van der Waals surface area contributed by atoms with Gasteiger partial charge in [0.25, 0.3) is 0 Å². The van der Waals surface area contributed by atoms with Gasteiger partial charge in [-0.15, -0.1) is 0 Å². The molecule has 150 valence electrons. The number of aliphatic hydroxyl groups excluding tert-OH is 1. The minimum absolute atomic E-state index is 0.180. The number of benzene rings is 1. The molecule has 0 radical (unpaired) electrons. The SMILES string of the molecule is Cc1ccc(C)c(OC2CCN(c3cc(N4CCCC4CO)ncn3)CC2)c1. The molecular weight excluding hydrogens is 352 g/mol. The van der Waals surface area contributed by atoms with E-state index >= 15 is 0 Å². The maximum atomic E-state index is 9.59. The van der Waals surface area contributed by atoms with Crippen molar-refractivity contribution in [3.05, 3.63) is 41.7 Å². The van der Waals surface area contributed by atoms with E-state index < -0.39 is 0 Å². The summed E-state index contributed by atoms with van der Waals surface area (Å²) < 4.78 is 6.29. The summed E-state index contributed by atoms with van der Waals surface area (Å²) in [5.41, 5.74) is 2.42. The van der Waals surface area contributed by atoms with Crippen LogP contribution in [0.1, 0.15) is 36.8 Å². The van der Waals surface area contributed by atoms with E-state index in [1.165, 1.54) is 11.1 Å². The zero-order valence-corrected chi connectivity index (χ0v) is 16.8. The quantitative estimate of drug-likeness (QED) is 0.857. The Morgan fingerprint density at radius 1 is 1.04 bits per heavy atom. The van der Waals surface area contributed by atoms with E-state index in [0.717, 1.165) is 62.7 Å². The van der Waals surface area contributed by atoms with Crippen molar-refractivity contribution in [2.75, 3.05) is 36.0 Å². The summed E-state index contributed by atoms with van der Waals surface area (Å²) in [6.07, 6.45) is 5.99. The lowest BCUT2D eigenvalue weighted by atomic mass is 10.1. The monoisotopic (exact) mass is 382 g/mol. The van der Waals surface area contributed by atoms with Crippen molar-refractivity contribution >= 4 is 11.6 Å². The van der Waals surface area contributed by atoms with Gasteiger partial charge in [-0.05, 0) is 43.9 Å². The molecule has 0 aliphatic carbocycles. The van der Waals surface area contributed by atoms with E-state index in [2.05, 4.69) is 57.9 Å². The second kappa shape index (κ2) is 8.35. The summed E-state index contributed by atoms with van der Waals surface area (Å²) in [7, 11) is 0. The minimum atomic E-state index is 0.180. The third-order valence-electron chi connectivity index (χ3n) is 5.92. The normalized spacial score (nSPS) is 20.6. The van der Waals surface area contributed by atoms with Gasteiger partial charge in [0.1, 0.15) is 29.8 Å². The summed E-state index contributed by atoms with van der Waals surface area (Å²) in [4.78, 5) is 13.5. The van der Waals surface area contributed by atoms with Crippen molar-refractivity contribution in [1.82, 2.24) is 9.97 Å². The Kier molecular flexibility index (Phi) is 5.67. The lowest BCUT2D eigenvalue weighted by molar-refractivity contribution is 0.169. The topological polar surface area (TPSA) is 61.7 Å². The standard InChI is InChI=1S/C22H30N4O2/c1-16-5-6-17(2)20(12-16)28-19-7-10-25(11-8-19)21-13-22(24-15-23-21)26-9-3-4-18(26)14-27/h5-6,12-13,15,18-19,27H,3-4,7-11,14H2,1-2H3. The highest BCUT2D eigenvalue weighted by atomic mass is 16.5. The van der Waals surface area contributed by atoms with Crippen LogP contribution < -0.4 is 14.5 Å².